The Balaban J connectivity index is 1.99. The molecule has 0 aromatic heterocycles. The minimum absolute atomic E-state index is 0.0926. The molecule has 3 nitrogen and oxygen atoms in total. The van der Waals surface area contributed by atoms with Gasteiger partial charge in [0.2, 0.25) is 0 Å². The number of benzene rings is 1. The Hall–Kier alpha value is -1.77. The molecular weight excluding hydrogens is 238 g/mol. The fourth-order valence-electron chi connectivity index (χ4n) is 2.22. The Morgan fingerprint density at radius 1 is 1.37 bits per heavy atom. The zero-order valence-corrected chi connectivity index (χ0v) is 11.8. The van der Waals surface area contributed by atoms with E-state index in [1.54, 1.807) is 4.90 Å². The molecule has 102 valence electrons. The number of hydrogen-bond donors (Lipinski definition) is 0. The van der Waals surface area contributed by atoms with Gasteiger partial charge in [0.25, 0.3) is 0 Å². The summed E-state index contributed by atoms with van der Waals surface area (Å²) in [4.78, 5) is 13.8. The van der Waals surface area contributed by atoms with Gasteiger partial charge in [-0.1, -0.05) is 36.4 Å². The van der Waals surface area contributed by atoms with Crippen molar-refractivity contribution in [2.45, 2.75) is 44.9 Å². The van der Waals surface area contributed by atoms with Crippen LogP contribution in [0.15, 0.2) is 43.0 Å². The summed E-state index contributed by atoms with van der Waals surface area (Å²) in [5.41, 5.74) is 0.772. The fourth-order valence-corrected chi connectivity index (χ4v) is 2.22. The molecule has 0 bridgehead atoms. The molecule has 0 spiro atoms. The van der Waals surface area contributed by atoms with E-state index in [1.807, 2.05) is 45.0 Å². The second-order valence-electron chi connectivity index (χ2n) is 5.87. The number of nitrogens with zero attached hydrogens (tertiary/aromatic N) is 1. The molecule has 0 N–H and O–H groups in total. The molecule has 1 fully saturated rings. The summed E-state index contributed by atoms with van der Waals surface area (Å²) in [7, 11) is 0. The highest BCUT2D eigenvalue weighted by Crippen LogP contribution is 2.34. The van der Waals surface area contributed by atoms with Gasteiger partial charge in [-0.3, -0.25) is 4.90 Å². The van der Waals surface area contributed by atoms with E-state index in [1.165, 1.54) is 5.56 Å². The molecular formula is C16H21NO2. The van der Waals surface area contributed by atoms with E-state index >= 15 is 0 Å². The molecule has 1 aliphatic heterocycles. The molecule has 0 aliphatic carbocycles. The molecule has 1 saturated heterocycles. The molecule has 2 atom stereocenters. The van der Waals surface area contributed by atoms with Crippen molar-refractivity contribution < 1.29 is 9.53 Å². The van der Waals surface area contributed by atoms with Crippen LogP contribution in [0.4, 0.5) is 4.79 Å². The van der Waals surface area contributed by atoms with E-state index in [4.69, 9.17) is 4.74 Å². The summed E-state index contributed by atoms with van der Waals surface area (Å²) in [5, 5.41) is 0. The standard InChI is InChI=1S/C16H21NO2/c1-5-13-14(11-12-9-7-6-8-10-12)17(13)15(18)19-16(2,3)4/h5-10,13-14H,1,11H2,2-4H3/t13-,14-,17?/m0/s1. The summed E-state index contributed by atoms with van der Waals surface area (Å²) in [6.07, 6.45) is 2.41. The second kappa shape index (κ2) is 5.08. The zero-order valence-electron chi connectivity index (χ0n) is 11.8. The average molecular weight is 259 g/mol. The lowest BCUT2D eigenvalue weighted by atomic mass is 10.1. The number of carbonyl (C=O) groups excluding carboxylic acids is 1. The van der Waals surface area contributed by atoms with Crippen LogP contribution in [-0.2, 0) is 11.2 Å². The smallest absolute Gasteiger partial charge is 0.411 e. The first-order chi connectivity index (χ1) is 8.92. The van der Waals surface area contributed by atoms with Crippen molar-refractivity contribution in [3.8, 4) is 0 Å². The normalized spacial score (nSPS) is 21.9. The molecule has 1 aromatic rings. The lowest BCUT2D eigenvalue weighted by Gasteiger charge is -2.20. The highest BCUT2D eigenvalue weighted by molar-refractivity contribution is 5.73. The van der Waals surface area contributed by atoms with Gasteiger partial charge in [0.05, 0.1) is 12.1 Å². The van der Waals surface area contributed by atoms with Crippen molar-refractivity contribution in [3.63, 3.8) is 0 Å². The van der Waals surface area contributed by atoms with Gasteiger partial charge >= 0.3 is 6.09 Å². The second-order valence-corrected chi connectivity index (χ2v) is 5.87. The molecule has 0 unspecified atom stereocenters. The van der Waals surface area contributed by atoms with Gasteiger partial charge in [0.15, 0.2) is 0 Å². The molecule has 0 radical (unpaired) electrons. The largest absolute Gasteiger partial charge is 0.444 e. The van der Waals surface area contributed by atoms with Crippen LogP contribution >= 0.6 is 0 Å². The highest BCUT2D eigenvalue weighted by atomic mass is 16.6. The van der Waals surface area contributed by atoms with Crippen LogP contribution in [0.2, 0.25) is 0 Å². The monoisotopic (exact) mass is 259 g/mol. The Labute approximate surface area is 114 Å². The van der Waals surface area contributed by atoms with E-state index < -0.39 is 5.60 Å². The van der Waals surface area contributed by atoms with Crippen molar-refractivity contribution in [2.24, 2.45) is 0 Å². The summed E-state index contributed by atoms with van der Waals surface area (Å²) >= 11 is 0. The van der Waals surface area contributed by atoms with Gasteiger partial charge in [0.1, 0.15) is 5.60 Å². The van der Waals surface area contributed by atoms with Crippen molar-refractivity contribution >= 4 is 6.09 Å². The van der Waals surface area contributed by atoms with E-state index in [2.05, 4.69) is 18.7 Å². The maximum Gasteiger partial charge on any atom is 0.411 e. The Morgan fingerprint density at radius 3 is 2.53 bits per heavy atom. The third kappa shape index (κ3) is 3.37. The number of ether oxygens (including phenoxy) is 1. The lowest BCUT2D eigenvalue weighted by Crippen LogP contribution is -2.28. The van der Waals surface area contributed by atoms with Crippen molar-refractivity contribution in [2.75, 3.05) is 0 Å². The van der Waals surface area contributed by atoms with E-state index in [9.17, 15) is 4.79 Å². The predicted octanol–water partition coefficient (Wildman–Crippen LogP) is 3.40. The van der Waals surface area contributed by atoms with Crippen LogP contribution in [0.3, 0.4) is 0 Å². The third-order valence-corrected chi connectivity index (χ3v) is 3.12. The first-order valence-corrected chi connectivity index (χ1v) is 6.60. The molecule has 1 aromatic carbocycles. The molecule has 1 amide bonds. The summed E-state index contributed by atoms with van der Waals surface area (Å²) in [6.45, 7) is 9.43. The van der Waals surface area contributed by atoms with Crippen LogP contribution in [-0.4, -0.2) is 28.7 Å². The number of hydrogen-bond acceptors (Lipinski definition) is 2. The molecule has 2 rings (SSSR count). The van der Waals surface area contributed by atoms with Crippen molar-refractivity contribution in [3.05, 3.63) is 48.6 Å². The fraction of sp³-hybridized carbons (Fsp3) is 0.438. The predicted molar refractivity (Wildman–Crippen MR) is 76.0 cm³/mol. The van der Waals surface area contributed by atoms with Crippen LogP contribution < -0.4 is 0 Å². The topological polar surface area (TPSA) is 29.3 Å². The van der Waals surface area contributed by atoms with Crippen LogP contribution in [0, 0.1) is 0 Å². The number of amides is 1. The zero-order chi connectivity index (χ0) is 14.0. The minimum Gasteiger partial charge on any atom is -0.444 e. The molecule has 3 heteroatoms. The molecule has 0 saturated carbocycles. The minimum atomic E-state index is -0.456. The Kier molecular flexibility index (Phi) is 3.65. The lowest BCUT2D eigenvalue weighted by molar-refractivity contribution is 0.0399. The van der Waals surface area contributed by atoms with Crippen LogP contribution in [0.25, 0.3) is 0 Å². The van der Waals surface area contributed by atoms with Gasteiger partial charge in [-0.25, -0.2) is 4.79 Å². The summed E-state index contributed by atoms with van der Waals surface area (Å²) < 4.78 is 5.40. The quantitative estimate of drug-likeness (QED) is 0.615. The van der Waals surface area contributed by atoms with Crippen molar-refractivity contribution in [1.29, 1.82) is 0 Å². The maximum absolute atomic E-state index is 12.0. The van der Waals surface area contributed by atoms with E-state index in [-0.39, 0.29) is 18.2 Å². The Morgan fingerprint density at radius 2 is 2.00 bits per heavy atom. The van der Waals surface area contributed by atoms with Crippen LogP contribution in [0.1, 0.15) is 26.3 Å². The van der Waals surface area contributed by atoms with Gasteiger partial charge in [-0.15, -0.1) is 6.58 Å². The number of carbonyl (C=O) groups is 1. The third-order valence-electron chi connectivity index (χ3n) is 3.12. The van der Waals surface area contributed by atoms with Gasteiger partial charge in [-0.05, 0) is 32.8 Å². The summed E-state index contributed by atoms with van der Waals surface area (Å²) in [6, 6.07) is 10.4. The Bertz CT molecular complexity index is 461. The molecule has 19 heavy (non-hydrogen) atoms. The molecule has 1 heterocycles. The van der Waals surface area contributed by atoms with E-state index in [0.29, 0.717) is 0 Å². The first kappa shape index (κ1) is 13.7. The van der Waals surface area contributed by atoms with Crippen LogP contribution in [0.5, 0.6) is 0 Å². The number of rotatable bonds is 3. The van der Waals surface area contributed by atoms with Gasteiger partial charge < -0.3 is 4.74 Å². The maximum atomic E-state index is 12.0. The SMILES string of the molecule is C=C[C@H]1[C@H](Cc2ccccc2)N1C(=O)OC(C)(C)C. The van der Waals surface area contributed by atoms with Gasteiger partial charge in [0, 0.05) is 0 Å². The first-order valence-electron chi connectivity index (χ1n) is 6.60. The highest BCUT2D eigenvalue weighted by Gasteiger charge is 2.50. The summed E-state index contributed by atoms with van der Waals surface area (Å²) in [5.74, 6) is 0. The van der Waals surface area contributed by atoms with Crippen molar-refractivity contribution in [1.82, 2.24) is 4.90 Å². The van der Waals surface area contributed by atoms with Gasteiger partial charge in [-0.2, -0.15) is 0 Å². The van der Waals surface area contributed by atoms with E-state index in [0.717, 1.165) is 6.42 Å². The molecule has 1 aliphatic rings. The average Bonchev–Trinajstić information content (AvgIpc) is 3.01.